The Kier molecular flexibility index (Phi) is 6.65. The molecule has 2 amide bonds. The van der Waals surface area contributed by atoms with Crippen molar-refractivity contribution in [1.82, 2.24) is 14.9 Å². The van der Waals surface area contributed by atoms with E-state index in [2.05, 4.69) is 14.9 Å². The number of aromatic nitrogens is 2. The summed E-state index contributed by atoms with van der Waals surface area (Å²) in [5, 5.41) is 8.87. The molecule has 0 bridgehead atoms. The molecular weight excluding hydrogens is 420 g/mol. The van der Waals surface area contributed by atoms with E-state index >= 15 is 0 Å². The van der Waals surface area contributed by atoms with Crippen molar-refractivity contribution >= 4 is 29.0 Å². The van der Waals surface area contributed by atoms with Crippen LogP contribution in [0.4, 0.5) is 5.69 Å². The van der Waals surface area contributed by atoms with E-state index in [0.29, 0.717) is 0 Å². The zero-order chi connectivity index (χ0) is 22.7. The molecule has 3 aromatic rings. The van der Waals surface area contributed by atoms with Crippen molar-refractivity contribution in [1.29, 1.82) is 0 Å². The number of para-hydroxylation sites is 1. The van der Waals surface area contributed by atoms with Crippen molar-refractivity contribution in [3.05, 3.63) is 75.8 Å². The van der Waals surface area contributed by atoms with Crippen molar-refractivity contribution in [2.45, 2.75) is 58.5 Å². The molecule has 1 fully saturated rings. The highest BCUT2D eigenvalue weighted by molar-refractivity contribution is 7.03. The fourth-order valence-electron chi connectivity index (χ4n) is 4.52. The molecule has 7 heteroatoms. The van der Waals surface area contributed by atoms with Gasteiger partial charge in [0.05, 0.1) is 5.69 Å². The quantitative estimate of drug-likeness (QED) is 0.581. The number of hydrogen-bond acceptors (Lipinski definition) is 5. The van der Waals surface area contributed by atoms with Crippen molar-refractivity contribution in [3.63, 3.8) is 0 Å². The summed E-state index contributed by atoms with van der Waals surface area (Å²) in [6.07, 6.45) is 4.17. The Morgan fingerprint density at radius 2 is 1.75 bits per heavy atom. The number of carbonyl (C=O) groups excluding carboxylic acids is 2. The Bertz CT molecular complexity index is 1090. The highest BCUT2D eigenvalue weighted by Crippen LogP contribution is 2.35. The van der Waals surface area contributed by atoms with Gasteiger partial charge in [-0.2, -0.15) is 0 Å². The lowest BCUT2D eigenvalue weighted by Gasteiger charge is -2.34. The van der Waals surface area contributed by atoms with E-state index in [1.807, 2.05) is 63.2 Å². The Hall–Kier alpha value is -3.06. The predicted octanol–water partition coefficient (Wildman–Crippen LogP) is 4.91. The van der Waals surface area contributed by atoms with Crippen LogP contribution < -0.4 is 10.2 Å². The Morgan fingerprint density at radius 1 is 1.06 bits per heavy atom. The van der Waals surface area contributed by atoms with Gasteiger partial charge >= 0.3 is 0 Å². The maximum Gasteiger partial charge on any atom is 0.280 e. The van der Waals surface area contributed by atoms with Crippen LogP contribution in [0.3, 0.4) is 0 Å². The van der Waals surface area contributed by atoms with Gasteiger partial charge in [0.1, 0.15) is 6.04 Å². The van der Waals surface area contributed by atoms with Crippen LogP contribution in [-0.2, 0) is 4.79 Å². The molecule has 1 saturated carbocycles. The minimum Gasteiger partial charge on any atom is -0.351 e. The average molecular weight is 449 g/mol. The molecule has 0 radical (unpaired) electrons. The molecule has 4 rings (SSSR count). The largest absolute Gasteiger partial charge is 0.351 e. The molecule has 32 heavy (non-hydrogen) atoms. The zero-order valence-electron chi connectivity index (χ0n) is 18.7. The van der Waals surface area contributed by atoms with Crippen LogP contribution in [0.25, 0.3) is 0 Å². The van der Waals surface area contributed by atoms with Gasteiger partial charge in [0.2, 0.25) is 5.91 Å². The lowest BCUT2D eigenvalue weighted by atomic mass is 9.98. The highest BCUT2D eigenvalue weighted by atomic mass is 32.1. The number of nitrogens with zero attached hydrogens (tertiary/aromatic N) is 3. The lowest BCUT2D eigenvalue weighted by Crippen LogP contribution is -2.47. The summed E-state index contributed by atoms with van der Waals surface area (Å²) in [7, 11) is 0. The van der Waals surface area contributed by atoms with E-state index in [-0.39, 0.29) is 23.6 Å². The van der Waals surface area contributed by atoms with Crippen molar-refractivity contribution in [2.75, 3.05) is 4.90 Å². The van der Waals surface area contributed by atoms with E-state index in [4.69, 9.17) is 0 Å². The fraction of sp³-hybridized carbons (Fsp3) is 0.360. The second kappa shape index (κ2) is 9.61. The smallest absolute Gasteiger partial charge is 0.280 e. The number of anilines is 1. The molecule has 1 heterocycles. The van der Waals surface area contributed by atoms with Gasteiger partial charge in [-0.05, 0) is 61.8 Å². The third kappa shape index (κ3) is 4.58. The van der Waals surface area contributed by atoms with Gasteiger partial charge < -0.3 is 5.32 Å². The van der Waals surface area contributed by atoms with Crippen LogP contribution in [0.2, 0.25) is 0 Å². The van der Waals surface area contributed by atoms with Gasteiger partial charge in [0.25, 0.3) is 5.91 Å². The van der Waals surface area contributed by atoms with Crippen molar-refractivity contribution in [3.8, 4) is 0 Å². The molecule has 1 aliphatic rings. The van der Waals surface area contributed by atoms with Gasteiger partial charge in [-0.1, -0.05) is 65.4 Å². The molecule has 1 aromatic heterocycles. The molecular formula is C25H28N4O2S. The van der Waals surface area contributed by atoms with Crippen LogP contribution in [0.5, 0.6) is 0 Å². The summed E-state index contributed by atoms with van der Waals surface area (Å²) in [4.78, 5) is 29.2. The summed E-state index contributed by atoms with van der Waals surface area (Å²) >= 11 is 1.12. The first kappa shape index (κ1) is 22.1. The summed E-state index contributed by atoms with van der Waals surface area (Å²) in [5.74, 6) is -0.495. The fourth-order valence-corrected chi connectivity index (χ4v) is 4.95. The first-order chi connectivity index (χ1) is 15.5. The minimum atomic E-state index is -0.815. The maximum absolute atomic E-state index is 13.8. The Labute approximate surface area is 192 Å². The average Bonchev–Trinajstić information content (AvgIpc) is 3.47. The van der Waals surface area contributed by atoms with Crippen molar-refractivity contribution < 1.29 is 9.59 Å². The van der Waals surface area contributed by atoms with Crippen LogP contribution in [-0.4, -0.2) is 27.4 Å². The van der Waals surface area contributed by atoms with E-state index in [1.54, 1.807) is 10.3 Å². The zero-order valence-corrected chi connectivity index (χ0v) is 19.5. The molecule has 2 aromatic carbocycles. The molecule has 0 spiro atoms. The maximum atomic E-state index is 13.8. The molecule has 1 N–H and O–H groups in total. The third-order valence-corrected chi connectivity index (χ3v) is 6.55. The van der Waals surface area contributed by atoms with Gasteiger partial charge in [0.15, 0.2) is 5.69 Å². The van der Waals surface area contributed by atoms with Gasteiger partial charge in [-0.25, -0.2) is 0 Å². The Morgan fingerprint density at radius 3 is 2.38 bits per heavy atom. The summed E-state index contributed by atoms with van der Waals surface area (Å²) in [6, 6.07) is 13.0. The Balaban J connectivity index is 1.87. The van der Waals surface area contributed by atoms with Gasteiger partial charge in [0, 0.05) is 11.4 Å². The first-order valence-corrected chi connectivity index (χ1v) is 11.8. The number of carbonyl (C=O) groups is 2. The van der Waals surface area contributed by atoms with Crippen LogP contribution >= 0.6 is 11.5 Å². The molecule has 1 aliphatic carbocycles. The first-order valence-electron chi connectivity index (χ1n) is 11.0. The third-order valence-electron chi connectivity index (χ3n) is 6.04. The molecule has 1 atom stereocenters. The number of rotatable bonds is 6. The number of benzene rings is 2. The molecule has 0 saturated heterocycles. The second-order valence-corrected chi connectivity index (χ2v) is 9.12. The highest BCUT2D eigenvalue weighted by Gasteiger charge is 2.37. The normalized spacial score (nSPS) is 14.8. The van der Waals surface area contributed by atoms with E-state index in [0.717, 1.165) is 65.2 Å². The van der Waals surface area contributed by atoms with Crippen LogP contribution in [0.15, 0.2) is 47.8 Å². The topological polar surface area (TPSA) is 75.2 Å². The van der Waals surface area contributed by atoms with Crippen LogP contribution in [0.1, 0.15) is 64.5 Å². The second-order valence-electron chi connectivity index (χ2n) is 8.51. The summed E-state index contributed by atoms with van der Waals surface area (Å²) < 4.78 is 3.88. The molecule has 166 valence electrons. The number of amides is 2. The molecule has 6 nitrogen and oxygen atoms in total. The monoisotopic (exact) mass is 448 g/mol. The number of hydrogen-bond donors (Lipinski definition) is 1. The number of nitrogens with one attached hydrogen (secondary N) is 1. The summed E-state index contributed by atoms with van der Waals surface area (Å²) in [5.41, 5.74) is 4.63. The van der Waals surface area contributed by atoms with E-state index < -0.39 is 6.04 Å². The predicted molar refractivity (Wildman–Crippen MR) is 127 cm³/mol. The lowest BCUT2D eigenvalue weighted by molar-refractivity contribution is -0.123. The minimum absolute atomic E-state index is 0.144. The standard InChI is InChI=1S/C25H28N4O2S/c1-16-8-6-11-19(14-16)23(24(30)26-20-12-4-5-13-20)29(25(31)21-15-32-28-27-21)22-17(2)9-7-10-18(22)3/h6-11,14-15,20,23H,4-5,12-13H2,1-3H3,(H,26,30)/t23-/m1/s1. The molecule has 0 aliphatic heterocycles. The van der Waals surface area contributed by atoms with Gasteiger partial charge in [-0.3, -0.25) is 14.5 Å². The van der Waals surface area contributed by atoms with Crippen molar-refractivity contribution in [2.24, 2.45) is 0 Å². The SMILES string of the molecule is Cc1cccc([C@H](C(=O)NC2CCCC2)N(C(=O)c2csnn2)c2c(C)cccc2C)c1. The van der Waals surface area contributed by atoms with E-state index in [1.165, 1.54) is 0 Å². The summed E-state index contributed by atoms with van der Waals surface area (Å²) in [6.45, 7) is 5.92. The molecule has 0 unspecified atom stereocenters. The van der Waals surface area contributed by atoms with Crippen LogP contribution in [0, 0.1) is 20.8 Å². The van der Waals surface area contributed by atoms with E-state index in [9.17, 15) is 9.59 Å². The number of aryl methyl sites for hydroxylation is 3. The van der Waals surface area contributed by atoms with Gasteiger partial charge in [-0.15, -0.1) is 5.10 Å².